The molecule has 0 aliphatic rings. The van der Waals surface area contributed by atoms with Crippen LogP contribution in [0.4, 0.5) is 10.1 Å². The van der Waals surface area contributed by atoms with Gasteiger partial charge in [-0.2, -0.15) is 0 Å². The Morgan fingerprint density at radius 3 is 2.52 bits per heavy atom. The maximum Gasteiger partial charge on any atom is 0.257 e. The number of nitrogens with two attached hydrogens (primary N) is 1. The third-order valence-electron chi connectivity index (χ3n) is 2.66. The Morgan fingerprint density at radius 2 is 1.86 bits per heavy atom. The monoisotopic (exact) mass is 342 g/mol. The Kier molecular flexibility index (Phi) is 4.77. The van der Waals surface area contributed by atoms with Crippen LogP contribution < -0.4 is 11.1 Å². The van der Waals surface area contributed by atoms with Crippen LogP contribution in [0.15, 0.2) is 36.4 Å². The lowest BCUT2D eigenvalue weighted by molar-refractivity contribution is 0.102. The van der Waals surface area contributed by atoms with Crippen LogP contribution in [0, 0.1) is 5.82 Å². The van der Waals surface area contributed by atoms with Gasteiger partial charge in [-0.25, -0.2) is 4.39 Å². The van der Waals surface area contributed by atoms with Gasteiger partial charge in [0.05, 0.1) is 10.6 Å². The number of hydrogen-bond donors (Lipinski definition) is 2. The number of carbonyl (C=O) groups excluding carboxylic acids is 1. The zero-order valence-electron chi connectivity index (χ0n) is 10.5. The number of rotatable bonds is 3. The van der Waals surface area contributed by atoms with Crippen LogP contribution in [0.2, 0.25) is 10.0 Å². The standard InChI is InChI=1S/C14H9Cl2FN2OS/c15-7-1-3-11(16)9(5-7)14(20)19-8-2-4-12(17)10(6-8)13(18)21/h1-6H,(H2,18,21)(H,19,20). The molecule has 0 atom stereocenters. The molecule has 2 aromatic rings. The van der Waals surface area contributed by atoms with Crippen LogP contribution in [0.5, 0.6) is 0 Å². The molecule has 2 rings (SSSR count). The number of carbonyl (C=O) groups is 1. The van der Waals surface area contributed by atoms with Crippen molar-refractivity contribution in [2.24, 2.45) is 5.73 Å². The first kappa shape index (κ1) is 15.7. The molecular weight excluding hydrogens is 334 g/mol. The van der Waals surface area contributed by atoms with Gasteiger partial charge in [0.15, 0.2) is 0 Å². The molecule has 0 saturated carbocycles. The fraction of sp³-hybridized carbons (Fsp3) is 0. The molecule has 0 saturated heterocycles. The largest absolute Gasteiger partial charge is 0.389 e. The van der Waals surface area contributed by atoms with Gasteiger partial charge < -0.3 is 11.1 Å². The molecule has 0 aliphatic heterocycles. The van der Waals surface area contributed by atoms with Crippen molar-refractivity contribution >= 4 is 52.0 Å². The van der Waals surface area contributed by atoms with E-state index < -0.39 is 11.7 Å². The lowest BCUT2D eigenvalue weighted by Gasteiger charge is -2.09. The maximum atomic E-state index is 13.5. The normalized spacial score (nSPS) is 10.2. The lowest BCUT2D eigenvalue weighted by atomic mass is 10.1. The Balaban J connectivity index is 2.29. The van der Waals surface area contributed by atoms with E-state index in [0.717, 1.165) is 0 Å². The van der Waals surface area contributed by atoms with Crippen molar-refractivity contribution in [1.82, 2.24) is 0 Å². The zero-order chi connectivity index (χ0) is 15.6. The fourth-order valence-corrected chi connectivity index (χ4v) is 2.19. The first-order valence-corrected chi connectivity index (χ1v) is 6.90. The highest BCUT2D eigenvalue weighted by Crippen LogP contribution is 2.22. The minimum Gasteiger partial charge on any atom is -0.389 e. The highest BCUT2D eigenvalue weighted by molar-refractivity contribution is 7.80. The van der Waals surface area contributed by atoms with Crippen molar-refractivity contribution in [3.8, 4) is 0 Å². The quantitative estimate of drug-likeness (QED) is 0.828. The van der Waals surface area contributed by atoms with E-state index in [2.05, 4.69) is 5.32 Å². The van der Waals surface area contributed by atoms with Crippen LogP contribution in [0.3, 0.4) is 0 Å². The molecule has 0 spiro atoms. The molecule has 2 aromatic carbocycles. The van der Waals surface area contributed by atoms with Crippen molar-refractivity contribution in [2.45, 2.75) is 0 Å². The molecule has 0 radical (unpaired) electrons. The van der Waals surface area contributed by atoms with Gasteiger partial charge in [0.25, 0.3) is 5.91 Å². The third kappa shape index (κ3) is 3.69. The molecule has 21 heavy (non-hydrogen) atoms. The summed E-state index contributed by atoms with van der Waals surface area (Å²) in [6.07, 6.45) is 0. The van der Waals surface area contributed by atoms with Gasteiger partial charge >= 0.3 is 0 Å². The summed E-state index contributed by atoms with van der Waals surface area (Å²) in [6, 6.07) is 8.45. The van der Waals surface area contributed by atoms with Gasteiger partial charge in [0, 0.05) is 16.3 Å². The Bertz CT molecular complexity index is 737. The van der Waals surface area contributed by atoms with Crippen molar-refractivity contribution in [1.29, 1.82) is 0 Å². The molecule has 0 aliphatic carbocycles. The van der Waals surface area contributed by atoms with Crippen molar-refractivity contribution in [2.75, 3.05) is 5.32 Å². The number of thiocarbonyl (C=S) groups is 1. The first-order valence-electron chi connectivity index (χ1n) is 5.74. The van der Waals surface area contributed by atoms with E-state index in [4.69, 9.17) is 41.2 Å². The molecule has 0 fully saturated rings. The van der Waals surface area contributed by atoms with E-state index in [1.807, 2.05) is 0 Å². The van der Waals surface area contributed by atoms with E-state index in [-0.39, 0.29) is 21.1 Å². The van der Waals surface area contributed by atoms with Gasteiger partial charge in [0.1, 0.15) is 10.8 Å². The second-order valence-electron chi connectivity index (χ2n) is 4.14. The van der Waals surface area contributed by atoms with Crippen LogP contribution in [-0.2, 0) is 0 Å². The first-order chi connectivity index (χ1) is 9.88. The van der Waals surface area contributed by atoms with E-state index in [1.54, 1.807) is 6.07 Å². The van der Waals surface area contributed by atoms with Crippen molar-refractivity contribution < 1.29 is 9.18 Å². The van der Waals surface area contributed by atoms with E-state index in [9.17, 15) is 9.18 Å². The van der Waals surface area contributed by atoms with E-state index >= 15 is 0 Å². The molecule has 0 unspecified atom stereocenters. The van der Waals surface area contributed by atoms with Gasteiger partial charge in [-0.1, -0.05) is 35.4 Å². The van der Waals surface area contributed by atoms with Gasteiger partial charge in [0.2, 0.25) is 0 Å². The number of amides is 1. The molecule has 7 heteroatoms. The predicted molar refractivity (Wildman–Crippen MR) is 86.7 cm³/mol. The highest BCUT2D eigenvalue weighted by atomic mass is 35.5. The Labute approximate surface area is 135 Å². The second kappa shape index (κ2) is 6.39. The molecule has 0 aromatic heterocycles. The minimum absolute atomic E-state index is 0.0555. The molecular formula is C14H9Cl2FN2OS. The maximum absolute atomic E-state index is 13.5. The molecule has 3 nitrogen and oxygen atoms in total. The topological polar surface area (TPSA) is 55.1 Å². The molecule has 0 bridgehead atoms. The van der Waals surface area contributed by atoms with Gasteiger partial charge in [-0.15, -0.1) is 0 Å². The summed E-state index contributed by atoms with van der Waals surface area (Å²) in [7, 11) is 0. The van der Waals surface area contributed by atoms with Crippen LogP contribution in [-0.4, -0.2) is 10.9 Å². The molecule has 1 amide bonds. The van der Waals surface area contributed by atoms with Crippen LogP contribution in [0.1, 0.15) is 15.9 Å². The lowest BCUT2D eigenvalue weighted by Crippen LogP contribution is -2.15. The highest BCUT2D eigenvalue weighted by Gasteiger charge is 2.13. The summed E-state index contributed by atoms with van der Waals surface area (Å²) in [5, 5.41) is 3.22. The average Bonchev–Trinajstić information content (AvgIpc) is 2.43. The van der Waals surface area contributed by atoms with E-state index in [0.29, 0.717) is 10.7 Å². The summed E-state index contributed by atoms with van der Waals surface area (Å²) in [5.41, 5.74) is 6.03. The summed E-state index contributed by atoms with van der Waals surface area (Å²) in [4.78, 5) is 12.0. The number of benzene rings is 2. The van der Waals surface area contributed by atoms with Gasteiger partial charge in [-0.3, -0.25) is 4.79 Å². The van der Waals surface area contributed by atoms with Crippen molar-refractivity contribution in [3.05, 3.63) is 63.4 Å². The molecule has 0 heterocycles. The minimum atomic E-state index is -0.554. The molecule has 3 N–H and O–H groups in total. The smallest absolute Gasteiger partial charge is 0.257 e. The average molecular weight is 343 g/mol. The summed E-state index contributed by atoms with van der Waals surface area (Å²) in [5.74, 6) is -1.02. The fourth-order valence-electron chi connectivity index (χ4n) is 1.66. The number of anilines is 1. The number of nitrogens with one attached hydrogen (secondary N) is 1. The predicted octanol–water partition coefficient (Wildman–Crippen LogP) is 4.02. The van der Waals surface area contributed by atoms with Gasteiger partial charge in [-0.05, 0) is 36.4 Å². The number of halogens is 3. The van der Waals surface area contributed by atoms with E-state index in [1.165, 1.54) is 30.3 Å². The number of hydrogen-bond acceptors (Lipinski definition) is 2. The van der Waals surface area contributed by atoms with Crippen molar-refractivity contribution in [3.63, 3.8) is 0 Å². The summed E-state index contributed by atoms with van der Waals surface area (Å²) in [6.45, 7) is 0. The Hall–Kier alpha value is -1.69. The third-order valence-corrected chi connectivity index (χ3v) is 3.45. The summed E-state index contributed by atoms with van der Waals surface area (Å²) < 4.78 is 13.5. The second-order valence-corrected chi connectivity index (χ2v) is 5.42. The Morgan fingerprint density at radius 1 is 1.14 bits per heavy atom. The SMILES string of the molecule is NC(=S)c1cc(NC(=O)c2cc(Cl)ccc2Cl)ccc1F. The molecule has 108 valence electrons. The van der Waals surface area contributed by atoms with Crippen LogP contribution in [0.25, 0.3) is 0 Å². The zero-order valence-corrected chi connectivity index (χ0v) is 12.8. The van der Waals surface area contributed by atoms with Crippen LogP contribution >= 0.6 is 35.4 Å². The summed E-state index contributed by atoms with van der Waals surface area (Å²) >= 11 is 16.5.